The van der Waals surface area contributed by atoms with Crippen LogP contribution in [0.3, 0.4) is 0 Å². The fourth-order valence-corrected chi connectivity index (χ4v) is 1.95. The van der Waals surface area contributed by atoms with Gasteiger partial charge < -0.3 is 15.6 Å². The maximum atomic E-state index is 13.2. The van der Waals surface area contributed by atoms with Gasteiger partial charge in [-0.15, -0.1) is 0 Å². The molecule has 2 aromatic rings. The number of benzene rings is 2. The molecule has 3 nitrogen and oxygen atoms in total. The summed E-state index contributed by atoms with van der Waals surface area (Å²) in [6, 6.07) is 13.1. The van der Waals surface area contributed by atoms with Crippen molar-refractivity contribution in [1.82, 2.24) is 0 Å². The van der Waals surface area contributed by atoms with Crippen molar-refractivity contribution in [2.24, 2.45) is 5.73 Å². The van der Waals surface area contributed by atoms with Crippen molar-refractivity contribution >= 4 is 0 Å². The minimum absolute atomic E-state index is 0.0926. The third-order valence-corrected chi connectivity index (χ3v) is 3.04. The standard InChI is InChI=1S/C16H18FNO2/c1-11(18)14-9-13(17)7-8-16(14)20-10-15(19)12-5-3-2-4-6-12/h2-9,11,15,19H,10,18H2,1H3/t11-,15?/m0/s1. The molecule has 0 bridgehead atoms. The van der Waals surface area contributed by atoms with Gasteiger partial charge in [-0.1, -0.05) is 30.3 Å². The minimum Gasteiger partial charge on any atom is -0.490 e. The molecule has 0 spiro atoms. The Morgan fingerprint density at radius 1 is 1.20 bits per heavy atom. The van der Waals surface area contributed by atoms with Gasteiger partial charge in [0.05, 0.1) is 0 Å². The minimum atomic E-state index is -0.734. The molecule has 0 aromatic heterocycles. The summed E-state index contributed by atoms with van der Waals surface area (Å²) >= 11 is 0. The largest absolute Gasteiger partial charge is 0.490 e. The van der Waals surface area contributed by atoms with Crippen LogP contribution in [0.5, 0.6) is 5.75 Å². The van der Waals surface area contributed by atoms with E-state index in [4.69, 9.17) is 10.5 Å². The van der Waals surface area contributed by atoms with E-state index in [1.54, 1.807) is 6.92 Å². The van der Waals surface area contributed by atoms with Crippen molar-refractivity contribution in [3.63, 3.8) is 0 Å². The van der Waals surface area contributed by atoms with Gasteiger partial charge in [0.25, 0.3) is 0 Å². The number of hydrogen-bond acceptors (Lipinski definition) is 3. The number of nitrogens with two attached hydrogens (primary N) is 1. The lowest BCUT2D eigenvalue weighted by Gasteiger charge is -2.17. The Labute approximate surface area is 117 Å². The highest BCUT2D eigenvalue weighted by Gasteiger charge is 2.12. The molecule has 0 amide bonds. The van der Waals surface area contributed by atoms with Crippen LogP contribution in [0.25, 0.3) is 0 Å². The van der Waals surface area contributed by atoms with Crippen LogP contribution >= 0.6 is 0 Å². The average molecular weight is 275 g/mol. The summed E-state index contributed by atoms with van der Waals surface area (Å²) in [6.07, 6.45) is -0.734. The van der Waals surface area contributed by atoms with Gasteiger partial charge in [-0.25, -0.2) is 4.39 Å². The third kappa shape index (κ3) is 3.56. The molecule has 20 heavy (non-hydrogen) atoms. The zero-order valence-electron chi connectivity index (χ0n) is 11.3. The highest BCUT2D eigenvalue weighted by atomic mass is 19.1. The summed E-state index contributed by atoms with van der Waals surface area (Å²) in [7, 11) is 0. The highest BCUT2D eigenvalue weighted by Crippen LogP contribution is 2.26. The molecule has 0 aliphatic heterocycles. The molecule has 0 aliphatic carbocycles. The maximum Gasteiger partial charge on any atom is 0.124 e. The van der Waals surface area contributed by atoms with Gasteiger partial charge in [-0.3, -0.25) is 0 Å². The van der Waals surface area contributed by atoms with E-state index in [1.807, 2.05) is 30.3 Å². The van der Waals surface area contributed by atoms with Gasteiger partial charge in [-0.05, 0) is 30.7 Å². The van der Waals surface area contributed by atoms with Crippen LogP contribution in [-0.2, 0) is 0 Å². The maximum absolute atomic E-state index is 13.2. The number of aliphatic hydroxyl groups is 1. The van der Waals surface area contributed by atoms with E-state index in [9.17, 15) is 9.50 Å². The zero-order valence-corrected chi connectivity index (χ0v) is 11.3. The molecule has 106 valence electrons. The first-order valence-electron chi connectivity index (χ1n) is 6.48. The van der Waals surface area contributed by atoms with E-state index in [0.29, 0.717) is 11.3 Å². The quantitative estimate of drug-likeness (QED) is 0.882. The Hall–Kier alpha value is -1.91. The van der Waals surface area contributed by atoms with E-state index in [2.05, 4.69) is 0 Å². The normalized spacial score (nSPS) is 13.8. The van der Waals surface area contributed by atoms with E-state index in [0.717, 1.165) is 5.56 Å². The molecule has 2 aromatic carbocycles. The SMILES string of the molecule is C[C@H](N)c1cc(F)ccc1OCC(O)c1ccccc1. The summed E-state index contributed by atoms with van der Waals surface area (Å²) in [5, 5.41) is 10.0. The van der Waals surface area contributed by atoms with Crippen LogP contribution in [-0.4, -0.2) is 11.7 Å². The molecular formula is C16H18FNO2. The van der Waals surface area contributed by atoms with Crippen LogP contribution in [0.1, 0.15) is 30.2 Å². The van der Waals surface area contributed by atoms with Crippen LogP contribution in [0.2, 0.25) is 0 Å². The van der Waals surface area contributed by atoms with Gasteiger partial charge in [0.15, 0.2) is 0 Å². The monoisotopic (exact) mass is 275 g/mol. The second kappa shape index (κ2) is 6.50. The van der Waals surface area contributed by atoms with Crippen LogP contribution in [0, 0.1) is 5.82 Å². The van der Waals surface area contributed by atoms with E-state index in [1.165, 1.54) is 18.2 Å². The molecule has 2 atom stereocenters. The summed E-state index contributed by atoms with van der Waals surface area (Å²) in [5.41, 5.74) is 7.15. The molecule has 0 fully saturated rings. The highest BCUT2D eigenvalue weighted by molar-refractivity contribution is 5.36. The van der Waals surface area contributed by atoms with Crippen molar-refractivity contribution in [3.8, 4) is 5.75 Å². The van der Waals surface area contributed by atoms with Crippen LogP contribution in [0.4, 0.5) is 4.39 Å². The van der Waals surface area contributed by atoms with Crippen LogP contribution in [0.15, 0.2) is 48.5 Å². The molecule has 0 saturated heterocycles. The number of ether oxygens (including phenoxy) is 1. The van der Waals surface area contributed by atoms with Gasteiger partial charge >= 0.3 is 0 Å². The topological polar surface area (TPSA) is 55.5 Å². The Balaban J connectivity index is 2.08. The lowest BCUT2D eigenvalue weighted by atomic mass is 10.1. The Morgan fingerprint density at radius 2 is 1.90 bits per heavy atom. The number of halogens is 1. The Kier molecular flexibility index (Phi) is 4.71. The molecule has 1 unspecified atom stereocenters. The number of aliphatic hydroxyl groups excluding tert-OH is 1. The van der Waals surface area contributed by atoms with Gasteiger partial charge in [0.1, 0.15) is 24.3 Å². The lowest BCUT2D eigenvalue weighted by molar-refractivity contribution is 0.107. The molecule has 0 aliphatic rings. The molecule has 2 rings (SSSR count). The van der Waals surface area contributed by atoms with Crippen molar-refractivity contribution in [2.75, 3.05) is 6.61 Å². The smallest absolute Gasteiger partial charge is 0.124 e. The molecule has 4 heteroatoms. The first-order chi connectivity index (χ1) is 9.58. The van der Waals surface area contributed by atoms with Gasteiger partial charge in [0, 0.05) is 11.6 Å². The summed E-state index contributed by atoms with van der Waals surface area (Å²) in [4.78, 5) is 0. The molecule has 0 heterocycles. The lowest BCUT2D eigenvalue weighted by Crippen LogP contribution is -2.13. The fraction of sp³-hybridized carbons (Fsp3) is 0.250. The number of hydrogen-bond donors (Lipinski definition) is 2. The van der Waals surface area contributed by atoms with Crippen molar-refractivity contribution in [2.45, 2.75) is 19.1 Å². The molecular weight excluding hydrogens is 257 g/mol. The van der Waals surface area contributed by atoms with E-state index in [-0.39, 0.29) is 18.5 Å². The fourth-order valence-electron chi connectivity index (χ4n) is 1.95. The van der Waals surface area contributed by atoms with Gasteiger partial charge in [-0.2, -0.15) is 0 Å². The predicted molar refractivity (Wildman–Crippen MR) is 75.9 cm³/mol. The first kappa shape index (κ1) is 14.5. The Bertz CT molecular complexity index is 558. The van der Waals surface area contributed by atoms with E-state index >= 15 is 0 Å². The second-order valence-corrected chi connectivity index (χ2v) is 4.71. The number of rotatable bonds is 5. The predicted octanol–water partition coefficient (Wildman–Crippen LogP) is 2.96. The first-order valence-corrected chi connectivity index (χ1v) is 6.48. The average Bonchev–Trinajstić information content (AvgIpc) is 2.46. The zero-order chi connectivity index (χ0) is 14.5. The van der Waals surface area contributed by atoms with Gasteiger partial charge in [0.2, 0.25) is 0 Å². The van der Waals surface area contributed by atoms with Crippen molar-refractivity contribution in [3.05, 3.63) is 65.5 Å². The summed E-state index contributed by atoms with van der Waals surface area (Å²) in [6.45, 7) is 1.85. The Morgan fingerprint density at radius 3 is 2.55 bits per heavy atom. The molecule has 0 saturated carbocycles. The molecule has 0 radical (unpaired) electrons. The third-order valence-electron chi connectivity index (χ3n) is 3.04. The second-order valence-electron chi connectivity index (χ2n) is 4.71. The van der Waals surface area contributed by atoms with E-state index < -0.39 is 6.10 Å². The van der Waals surface area contributed by atoms with Crippen molar-refractivity contribution in [1.29, 1.82) is 0 Å². The summed E-state index contributed by atoms with van der Waals surface area (Å²) in [5.74, 6) is 0.143. The van der Waals surface area contributed by atoms with Crippen molar-refractivity contribution < 1.29 is 14.2 Å². The molecule has 3 N–H and O–H groups in total. The summed E-state index contributed by atoms with van der Waals surface area (Å²) < 4.78 is 18.8. The van der Waals surface area contributed by atoms with Crippen LogP contribution < -0.4 is 10.5 Å².